The van der Waals surface area contributed by atoms with E-state index in [2.05, 4.69) is 10.6 Å². The second-order valence-corrected chi connectivity index (χ2v) is 3.43. The van der Waals surface area contributed by atoms with Crippen LogP contribution in [0.2, 0.25) is 0 Å². The molecule has 1 aromatic carbocycles. The van der Waals surface area contributed by atoms with Crippen molar-refractivity contribution in [2.24, 2.45) is 0 Å². The van der Waals surface area contributed by atoms with Crippen molar-refractivity contribution in [2.45, 2.75) is 13.0 Å². The molecule has 2 rings (SSSR count). The Labute approximate surface area is 88.6 Å². The van der Waals surface area contributed by atoms with Gasteiger partial charge in [-0.2, -0.15) is 0 Å². The van der Waals surface area contributed by atoms with E-state index in [1.54, 1.807) is 7.11 Å². The zero-order valence-corrected chi connectivity index (χ0v) is 8.83. The van der Waals surface area contributed by atoms with Crippen molar-refractivity contribution in [1.29, 1.82) is 0 Å². The molecule has 1 atom stereocenters. The molecule has 1 aromatic rings. The standard InChI is InChI=1S/C11H14N2O2/c1-3-12-10-8-6-7(15-2)4-5-9(8)13-11(10)14/h4-6,10,12H,3H2,1-2H3,(H,13,14). The number of ether oxygens (including phenoxy) is 1. The van der Waals surface area contributed by atoms with Crippen molar-refractivity contribution in [3.8, 4) is 5.75 Å². The summed E-state index contributed by atoms with van der Waals surface area (Å²) in [7, 11) is 1.62. The first-order valence-electron chi connectivity index (χ1n) is 4.98. The molecule has 2 N–H and O–H groups in total. The lowest BCUT2D eigenvalue weighted by Gasteiger charge is -2.09. The number of hydrogen-bond donors (Lipinski definition) is 2. The fourth-order valence-electron chi connectivity index (χ4n) is 1.77. The molecule has 1 unspecified atom stereocenters. The molecule has 0 radical (unpaired) electrons. The Kier molecular flexibility index (Phi) is 2.60. The van der Waals surface area contributed by atoms with Gasteiger partial charge in [-0.1, -0.05) is 6.92 Å². The van der Waals surface area contributed by atoms with Crippen LogP contribution >= 0.6 is 0 Å². The van der Waals surface area contributed by atoms with Crippen LogP contribution in [0.5, 0.6) is 5.75 Å². The van der Waals surface area contributed by atoms with E-state index in [1.807, 2.05) is 25.1 Å². The number of likely N-dealkylation sites (N-methyl/N-ethyl adjacent to an activating group) is 1. The summed E-state index contributed by atoms with van der Waals surface area (Å²) in [5.74, 6) is 0.772. The second-order valence-electron chi connectivity index (χ2n) is 3.43. The van der Waals surface area contributed by atoms with E-state index in [0.717, 1.165) is 23.5 Å². The zero-order chi connectivity index (χ0) is 10.8. The summed E-state index contributed by atoms with van der Waals surface area (Å²) in [6.07, 6.45) is 0. The van der Waals surface area contributed by atoms with Crippen LogP contribution in [0.25, 0.3) is 0 Å². The van der Waals surface area contributed by atoms with Crippen molar-refractivity contribution in [3.63, 3.8) is 0 Å². The predicted octanol–water partition coefficient (Wildman–Crippen LogP) is 1.30. The summed E-state index contributed by atoms with van der Waals surface area (Å²) >= 11 is 0. The maximum atomic E-state index is 11.6. The van der Waals surface area contributed by atoms with E-state index in [4.69, 9.17) is 4.74 Å². The summed E-state index contributed by atoms with van der Waals surface area (Å²) in [4.78, 5) is 11.6. The van der Waals surface area contributed by atoms with E-state index in [9.17, 15) is 4.79 Å². The molecule has 1 aliphatic rings. The Morgan fingerprint density at radius 3 is 3.00 bits per heavy atom. The van der Waals surface area contributed by atoms with Gasteiger partial charge in [0, 0.05) is 11.3 Å². The predicted molar refractivity (Wildman–Crippen MR) is 58.0 cm³/mol. The monoisotopic (exact) mass is 206 g/mol. The van der Waals surface area contributed by atoms with Crippen LogP contribution in [0.15, 0.2) is 18.2 Å². The number of hydrogen-bond acceptors (Lipinski definition) is 3. The molecular weight excluding hydrogens is 192 g/mol. The molecule has 1 heterocycles. The highest BCUT2D eigenvalue weighted by molar-refractivity contribution is 6.02. The Hall–Kier alpha value is -1.55. The van der Waals surface area contributed by atoms with Gasteiger partial charge in [-0.05, 0) is 24.7 Å². The van der Waals surface area contributed by atoms with E-state index in [-0.39, 0.29) is 11.9 Å². The van der Waals surface area contributed by atoms with Gasteiger partial charge in [-0.25, -0.2) is 0 Å². The molecule has 1 aliphatic heterocycles. The fourth-order valence-corrected chi connectivity index (χ4v) is 1.77. The molecule has 0 aromatic heterocycles. The first-order valence-corrected chi connectivity index (χ1v) is 4.98. The molecule has 15 heavy (non-hydrogen) atoms. The lowest BCUT2D eigenvalue weighted by molar-refractivity contribution is -0.117. The van der Waals surface area contributed by atoms with Crippen molar-refractivity contribution in [2.75, 3.05) is 19.0 Å². The first kappa shape index (κ1) is 9.98. The van der Waals surface area contributed by atoms with Gasteiger partial charge in [0.2, 0.25) is 5.91 Å². The SMILES string of the molecule is CCNC1C(=O)Nc2ccc(OC)cc21. The molecular formula is C11H14N2O2. The smallest absolute Gasteiger partial charge is 0.246 e. The Morgan fingerprint density at radius 1 is 1.53 bits per heavy atom. The molecule has 0 bridgehead atoms. The van der Waals surface area contributed by atoms with Crippen LogP contribution in [0.1, 0.15) is 18.5 Å². The quantitative estimate of drug-likeness (QED) is 0.783. The number of methoxy groups -OCH3 is 1. The van der Waals surface area contributed by atoms with Crippen LogP contribution in [0.3, 0.4) is 0 Å². The number of fused-ring (bicyclic) bond motifs is 1. The number of carbonyl (C=O) groups excluding carboxylic acids is 1. The van der Waals surface area contributed by atoms with Crippen LogP contribution in [-0.2, 0) is 4.79 Å². The molecule has 80 valence electrons. The molecule has 0 fully saturated rings. The van der Waals surface area contributed by atoms with E-state index in [0.29, 0.717) is 0 Å². The topological polar surface area (TPSA) is 50.4 Å². The van der Waals surface area contributed by atoms with Crippen LogP contribution in [-0.4, -0.2) is 19.6 Å². The van der Waals surface area contributed by atoms with Gasteiger partial charge in [0.1, 0.15) is 11.8 Å². The van der Waals surface area contributed by atoms with Crippen molar-refractivity contribution in [1.82, 2.24) is 5.32 Å². The largest absolute Gasteiger partial charge is 0.497 e. The van der Waals surface area contributed by atoms with Crippen molar-refractivity contribution in [3.05, 3.63) is 23.8 Å². The minimum Gasteiger partial charge on any atom is -0.497 e. The number of benzene rings is 1. The van der Waals surface area contributed by atoms with Gasteiger partial charge < -0.3 is 15.4 Å². The molecule has 0 spiro atoms. The normalized spacial score (nSPS) is 18.5. The first-order chi connectivity index (χ1) is 7.26. The average molecular weight is 206 g/mol. The second kappa shape index (κ2) is 3.90. The van der Waals surface area contributed by atoms with Gasteiger partial charge in [0.25, 0.3) is 0 Å². The molecule has 4 heteroatoms. The third-order valence-corrected chi connectivity index (χ3v) is 2.50. The van der Waals surface area contributed by atoms with Gasteiger partial charge in [-0.3, -0.25) is 4.79 Å². The van der Waals surface area contributed by atoms with E-state index >= 15 is 0 Å². The minimum atomic E-state index is -0.250. The number of carbonyl (C=O) groups is 1. The number of nitrogens with one attached hydrogen (secondary N) is 2. The summed E-state index contributed by atoms with van der Waals surface area (Å²) in [6.45, 7) is 2.74. The molecule has 0 saturated carbocycles. The summed E-state index contributed by atoms with van der Waals surface area (Å²) in [5, 5.41) is 5.96. The third kappa shape index (κ3) is 1.68. The Morgan fingerprint density at radius 2 is 2.33 bits per heavy atom. The van der Waals surface area contributed by atoms with Gasteiger partial charge in [0.15, 0.2) is 0 Å². The van der Waals surface area contributed by atoms with Crippen LogP contribution < -0.4 is 15.4 Å². The van der Waals surface area contributed by atoms with Crippen LogP contribution in [0, 0.1) is 0 Å². The summed E-state index contributed by atoms with van der Waals surface area (Å²) in [5.41, 5.74) is 1.83. The third-order valence-electron chi connectivity index (χ3n) is 2.50. The van der Waals surface area contributed by atoms with Crippen LogP contribution in [0.4, 0.5) is 5.69 Å². The lowest BCUT2D eigenvalue weighted by Crippen LogP contribution is -2.27. The highest BCUT2D eigenvalue weighted by atomic mass is 16.5. The molecule has 1 amide bonds. The van der Waals surface area contributed by atoms with Gasteiger partial charge >= 0.3 is 0 Å². The van der Waals surface area contributed by atoms with Gasteiger partial charge in [0.05, 0.1) is 7.11 Å². The highest BCUT2D eigenvalue weighted by Crippen LogP contribution is 2.33. The molecule has 0 saturated heterocycles. The maximum absolute atomic E-state index is 11.6. The summed E-state index contributed by atoms with van der Waals surface area (Å²) < 4.78 is 5.13. The fraction of sp³-hybridized carbons (Fsp3) is 0.364. The number of anilines is 1. The summed E-state index contributed by atoms with van der Waals surface area (Å²) in [6, 6.07) is 5.34. The van der Waals surface area contributed by atoms with Crippen molar-refractivity contribution < 1.29 is 9.53 Å². The average Bonchev–Trinajstić information content (AvgIpc) is 2.55. The lowest BCUT2D eigenvalue weighted by atomic mass is 10.1. The number of rotatable bonds is 3. The zero-order valence-electron chi connectivity index (χ0n) is 8.83. The Balaban J connectivity index is 2.37. The maximum Gasteiger partial charge on any atom is 0.246 e. The minimum absolute atomic E-state index is 0.0000954. The Bertz CT molecular complexity index is 390. The van der Waals surface area contributed by atoms with Crippen molar-refractivity contribution >= 4 is 11.6 Å². The van der Waals surface area contributed by atoms with Gasteiger partial charge in [-0.15, -0.1) is 0 Å². The molecule has 4 nitrogen and oxygen atoms in total. The highest BCUT2D eigenvalue weighted by Gasteiger charge is 2.29. The van der Waals surface area contributed by atoms with E-state index in [1.165, 1.54) is 0 Å². The molecule has 0 aliphatic carbocycles. The number of amides is 1. The van der Waals surface area contributed by atoms with E-state index < -0.39 is 0 Å².